The van der Waals surface area contributed by atoms with Crippen LogP contribution in [-0.4, -0.2) is 35.4 Å². The number of carbonyl (C=O) groups is 1. The van der Waals surface area contributed by atoms with Crippen molar-refractivity contribution in [3.63, 3.8) is 0 Å². The molecule has 0 radical (unpaired) electrons. The Labute approximate surface area is 145 Å². The van der Waals surface area contributed by atoms with Crippen molar-refractivity contribution in [1.29, 1.82) is 0 Å². The van der Waals surface area contributed by atoms with Crippen LogP contribution in [0.15, 0.2) is 29.6 Å². The van der Waals surface area contributed by atoms with Crippen molar-refractivity contribution in [1.82, 2.24) is 9.88 Å². The zero-order valence-corrected chi connectivity index (χ0v) is 14.7. The lowest BCUT2D eigenvalue weighted by Crippen LogP contribution is -2.38. The van der Waals surface area contributed by atoms with Gasteiger partial charge in [-0.3, -0.25) is 9.69 Å². The molecule has 1 N–H and O–H groups in total. The molecule has 2 heterocycles. The normalized spacial score (nSPS) is 16.4. The highest BCUT2D eigenvalue weighted by atomic mass is 35.5. The molecule has 0 atom stereocenters. The van der Waals surface area contributed by atoms with Gasteiger partial charge in [0.15, 0.2) is 5.13 Å². The fourth-order valence-electron chi connectivity index (χ4n) is 2.67. The number of aromatic nitrogens is 1. The maximum Gasteiger partial charge on any atom is 0.240 e. The number of halogens is 1. The van der Waals surface area contributed by atoms with Crippen molar-refractivity contribution in [3.05, 3.63) is 34.7 Å². The highest BCUT2D eigenvalue weighted by Gasteiger charge is 2.18. The molecule has 0 spiro atoms. The Morgan fingerprint density at radius 1 is 1.35 bits per heavy atom. The minimum Gasteiger partial charge on any atom is -0.301 e. The minimum atomic E-state index is 0.0107. The van der Waals surface area contributed by atoms with Gasteiger partial charge in [-0.25, -0.2) is 4.98 Å². The summed E-state index contributed by atoms with van der Waals surface area (Å²) in [6.07, 6.45) is 2.34. The van der Waals surface area contributed by atoms with Crippen LogP contribution in [0.25, 0.3) is 11.3 Å². The van der Waals surface area contributed by atoms with Crippen LogP contribution in [0, 0.1) is 5.92 Å². The third-order valence-electron chi connectivity index (χ3n) is 4.13. The van der Waals surface area contributed by atoms with E-state index >= 15 is 0 Å². The van der Waals surface area contributed by atoms with E-state index in [2.05, 4.69) is 22.1 Å². The first-order valence-corrected chi connectivity index (χ1v) is 9.09. The standard InChI is InChI=1S/C17H20ClN3OS/c1-12-6-8-21(9-7-12)10-16(22)20-17-19-15(11-23-17)13-2-4-14(18)5-3-13/h2-5,11-12H,6-10H2,1H3,(H,19,20,22). The van der Waals surface area contributed by atoms with Gasteiger partial charge in [-0.15, -0.1) is 11.3 Å². The molecular formula is C17H20ClN3OS. The molecule has 1 aromatic carbocycles. The molecule has 0 bridgehead atoms. The zero-order chi connectivity index (χ0) is 16.2. The lowest BCUT2D eigenvalue weighted by atomic mass is 9.99. The molecule has 23 heavy (non-hydrogen) atoms. The smallest absolute Gasteiger partial charge is 0.240 e. The van der Waals surface area contributed by atoms with Gasteiger partial charge in [0.25, 0.3) is 0 Å². The predicted molar refractivity (Wildman–Crippen MR) is 96.0 cm³/mol. The Hall–Kier alpha value is -1.43. The first-order chi connectivity index (χ1) is 11.1. The van der Waals surface area contributed by atoms with E-state index in [4.69, 9.17) is 11.6 Å². The summed E-state index contributed by atoms with van der Waals surface area (Å²) in [5, 5.41) is 6.19. The first kappa shape index (κ1) is 16.4. The summed E-state index contributed by atoms with van der Waals surface area (Å²) < 4.78 is 0. The topological polar surface area (TPSA) is 45.2 Å². The molecule has 1 aliphatic heterocycles. The minimum absolute atomic E-state index is 0.0107. The van der Waals surface area contributed by atoms with Crippen molar-refractivity contribution in [2.75, 3.05) is 25.0 Å². The summed E-state index contributed by atoms with van der Waals surface area (Å²) in [5.41, 5.74) is 1.85. The number of anilines is 1. The fourth-order valence-corrected chi connectivity index (χ4v) is 3.53. The van der Waals surface area contributed by atoms with E-state index in [1.807, 2.05) is 29.6 Å². The largest absolute Gasteiger partial charge is 0.301 e. The van der Waals surface area contributed by atoms with E-state index in [-0.39, 0.29) is 5.91 Å². The van der Waals surface area contributed by atoms with Crippen LogP contribution in [0.4, 0.5) is 5.13 Å². The Bertz CT molecular complexity index is 663. The summed E-state index contributed by atoms with van der Waals surface area (Å²) in [4.78, 5) is 18.8. The monoisotopic (exact) mass is 349 g/mol. The molecule has 6 heteroatoms. The van der Waals surface area contributed by atoms with Gasteiger partial charge in [-0.2, -0.15) is 0 Å². The molecule has 1 fully saturated rings. The quantitative estimate of drug-likeness (QED) is 0.902. The van der Waals surface area contributed by atoms with Crippen molar-refractivity contribution >= 4 is 34.0 Å². The molecule has 1 aromatic heterocycles. The van der Waals surface area contributed by atoms with Gasteiger partial charge >= 0.3 is 0 Å². The van der Waals surface area contributed by atoms with Gasteiger partial charge in [-0.05, 0) is 44.0 Å². The van der Waals surface area contributed by atoms with E-state index in [0.29, 0.717) is 16.7 Å². The molecule has 1 saturated heterocycles. The molecular weight excluding hydrogens is 330 g/mol. The van der Waals surface area contributed by atoms with E-state index in [1.165, 1.54) is 24.2 Å². The van der Waals surface area contributed by atoms with Crippen molar-refractivity contribution in [2.45, 2.75) is 19.8 Å². The highest BCUT2D eigenvalue weighted by molar-refractivity contribution is 7.14. The number of amides is 1. The summed E-state index contributed by atoms with van der Waals surface area (Å²) in [5.74, 6) is 0.784. The second kappa shape index (κ2) is 7.43. The number of piperidine rings is 1. The number of hydrogen-bond donors (Lipinski definition) is 1. The third kappa shape index (κ3) is 4.53. The van der Waals surface area contributed by atoms with Gasteiger partial charge in [0.05, 0.1) is 12.2 Å². The Morgan fingerprint density at radius 3 is 2.74 bits per heavy atom. The second-order valence-electron chi connectivity index (χ2n) is 6.05. The van der Waals surface area contributed by atoms with E-state index < -0.39 is 0 Å². The fraction of sp³-hybridized carbons (Fsp3) is 0.412. The number of rotatable bonds is 4. The lowest BCUT2D eigenvalue weighted by Gasteiger charge is -2.29. The van der Waals surface area contributed by atoms with Crippen LogP contribution in [0.1, 0.15) is 19.8 Å². The highest BCUT2D eigenvalue weighted by Crippen LogP contribution is 2.26. The SMILES string of the molecule is CC1CCN(CC(=O)Nc2nc(-c3ccc(Cl)cc3)cs2)CC1. The third-order valence-corrected chi connectivity index (χ3v) is 5.14. The molecule has 3 rings (SSSR count). The van der Waals surface area contributed by atoms with Gasteiger partial charge < -0.3 is 5.32 Å². The number of nitrogens with one attached hydrogen (secondary N) is 1. The van der Waals surface area contributed by atoms with Crippen molar-refractivity contribution < 1.29 is 4.79 Å². The molecule has 1 amide bonds. The van der Waals surface area contributed by atoms with Crippen molar-refractivity contribution in [3.8, 4) is 11.3 Å². The first-order valence-electron chi connectivity index (χ1n) is 7.84. The van der Waals surface area contributed by atoms with Gasteiger partial charge in [-0.1, -0.05) is 30.7 Å². The number of nitrogens with zero attached hydrogens (tertiary/aromatic N) is 2. The average molecular weight is 350 g/mol. The number of likely N-dealkylation sites (tertiary alicyclic amines) is 1. The summed E-state index contributed by atoms with van der Waals surface area (Å²) >= 11 is 7.34. The second-order valence-corrected chi connectivity index (χ2v) is 7.35. The van der Waals surface area contributed by atoms with Crippen LogP contribution < -0.4 is 5.32 Å². The van der Waals surface area contributed by atoms with E-state index in [1.54, 1.807) is 0 Å². The molecule has 0 aliphatic carbocycles. The van der Waals surface area contributed by atoms with Crippen molar-refractivity contribution in [2.24, 2.45) is 5.92 Å². The van der Waals surface area contributed by atoms with Crippen LogP contribution in [0.3, 0.4) is 0 Å². The number of hydrogen-bond acceptors (Lipinski definition) is 4. The van der Waals surface area contributed by atoms with Crippen LogP contribution in [0.5, 0.6) is 0 Å². The number of benzene rings is 1. The summed E-state index contributed by atoms with van der Waals surface area (Å²) in [6, 6.07) is 7.54. The van der Waals surface area contributed by atoms with Crippen LogP contribution in [0.2, 0.25) is 5.02 Å². The molecule has 2 aromatic rings. The van der Waals surface area contributed by atoms with Gasteiger partial charge in [0, 0.05) is 16.0 Å². The molecule has 4 nitrogen and oxygen atoms in total. The van der Waals surface area contributed by atoms with Crippen LogP contribution in [-0.2, 0) is 4.79 Å². The maximum atomic E-state index is 12.1. The molecule has 122 valence electrons. The van der Waals surface area contributed by atoms with Crippen LogP contribution >= 0.6 is 22.9 Å². The average Bonchev–Trinajstić information content (AvgIpc) is 2.98. The van der Waals surface area contributed by atoms with E-state index in [9.17, 15) is 4.79 Å². The Morgan fingerprint density at radius 2 is 2.04 bits per heavy atom. The molecule has 0 unspecified atom stereocenters. The Kier molecular flexibility index (Phi) is 5.30. The zero-order valence-electron chi connectivity index (χ0n) is 13.1. The summed E-state index contributed by atoms with van der Waals surface area (Å²) in [7, 11) is 0. The Balaban J connectivity index is 1.56. The van der Waals surface area contributed by atoms with Gasteiger partial charge in [0.1, 0.15) is 0 Å². The number of thiazole rings is 1. The molecule has 0 saturated carbocycles. The summed E-state index contributed by atoms with van der Waals surface area (Å²) in [6.45, 7) is 4.72. The van der Waals surface area contributed by atoms with E-state index in [0.717, 1.165) is 30.3 Å². The predicted octanol–water partition coefficient (Wildman–Crippen LogP) is 4.13. The molecule has 1 aliphatic rings. The maximum absolute atomic E-state index is 12.1. The van der Waals surface area contributed by atoms with Gasteiger partial charge in [0.2, 0.25) is 5.91 Å². The lowest BCUT2D eigenvalue weighted by molar-refractivity contribution is -0.117. The number of carbonyl (C=O) groups excluding carboxylic acids is 1.